The fourth-order valence-corrected chi connectivity index (χ4v) is 3.81. The second-order valence-corrected chi connectivity index (χ2v) is 9.32. The molecule has 5 heteroatoms. The number of urea groups is 1. The molecular formula is C24H24I2N2O. The number of hydrogen-bond donors (Lipinski definition) is 0. The predicted octanol–water partition coefficient (Wildman–Crippen LogP) is 7.46. The zero-order valence-corrected chi connectivity index (χ0v) is 20.7. The van der Waals surface area contributed by atoms with Gasteiger partial charge in [0.25, 0.3) is 0 Å². The van der Waals surface area contributed by atoms with Crippen molar-refractivity contribution in [2.75, 3.05) is 11.4 Å². The van der Waals surface area contributed by atoms with Crippen molar-refractivity contribution in [2.24, 2.45) is 0 Å². The van der Waals surface area contributed by atoms with Crippen LogP contribution in [0.5, 0.6) is 0 Å². The van der Waals surface area contributed by atoms with Crippen molar-refractivity contribution in [1.82, 2.24) is 4.90 Å². The van der Waals surface area contributed by atoms with Crippen molar-refractivity contribution < 1.29 is 4.79 Å². The van der Waals surface area contributed by atoms with E-state index in [1.54, 1.807) is 0 Å². The minimum Gasteiger partial charge on any atom is -0.320 e. The van der Waals surface area contributed by atoms with Crippen molar-refractivity contribution in [3.8, 4) is 0 Å². The van der Waals surface area contributed by atoms with Gasteiger partial charge in [0.1, 0.15) is 0 Å². The quantitative estimate of drug-likeness (QED) is 0.255. The molecule has 3 aromatic rings. The molecule has 0 bridgehead atoms. The Bertz CT molecular complexity index is 866. The Morgan fingerprint density at radius 2 is 1.31 bits per heavy atom. The van der Waals surface area contributed by atoms with Gasteiger partial charge in [-0.1, -0.05) is 43.7 Å². The molecule has 0 aliphatic rings. The Kier molecular flexibility index (Phi) is 8.35. The van der Waals surface area contributed by atoms with E-state index in [2.05, 4.69) is 64.2 Å². The Morgan fingerprint density at radius 1 is 0.793 bits per heavy atom. The lowest BCUT2D eigenvalue weighted by Crippen LogP contribution is -2.41. The van der Waals surface area contributed by atoms with E-state index < -0.39 is 0 Å². The monoisotopic (exact) mass is 610 g/mol. The van der Waals surface area contributed by atoms with Crippen molar-refractivity contribution in [3.63, 3.8) is 0 Å². The fraction of sp³-hybridized carbons (Fsp3) is 0.208. The van der Waals surface area contributed by atoms with Crippen LogP contribution in [0.1, 0.15) is 25.3 Å². The minimum absolute atomic E-state index is 0.00437. The molecule has 0 N–H and O–H groups in total. The van der Waals surface area contributed by atoms with Gasteiger partial charge < -0.3 is 4.90 Å². The summed E-state index contributed by atoms with van der Waals surface area (Å²) in [5.41, 5.74) is 2.90. The summed E-state index contributed by atoms with van der Waals surface area (Å²) in [4.78, 5) is 17.5. The Balaban J connectivity index is 1.97. The maximum absolute atomic E-state index is 13.8. The summed E-state index contributed by atoms with van der Waals surface area (Å²) in [5, 5.41) is 0. The van der Waals surface area contributed by atoms with Crippen LogP contribution in [0.25, 0.3) is 0 Å². The van der Waals surface area contributed by atoms with Gasteiger partial charge >= 0.3 is 6.03 Å². The van der Waals surface area contributed by atoms with Gasteiger partial charge in [-0.05, 0) is 106 Å². The number of carbonyl (C=O) groups is 1. The molecule has 150 valence electrons. The third kappa shape index (κ3) is 6.18. The molecule has 0 unspecified atom stereocenters. The SMILES string of the molecule is CCCCN(Cc1ccccc1)C(=O)N(c1ccc(I)cc1)c1ccc(I)cc1. The molecule has 3 rings (SSSR count). The highest BCUT2D eigenvalue weighted by Gasteiger charge is 2.24. The predicted molar refractivity (Wildman–Crippen MR) is 138 cm³/mol. The number of unbranched alkanes of at least 4 members (excludes halogenated alkanes) is 1. The van der Waals surface area contributed by atoms with Crippen LogP contribution < -0.4 is 4.90 Å². The highest BCUT2D eigenvalue weighted by atomic mass is 127. The molecule has 29 heavy (non-hydrogen) atoms. The lowest BCUT2D eigenvalue weighted by Gasteiger charge is -2.31. The first-order chi connectivity index (χ1) is 14.1. The molecule has 0 saturated heterocycles. The lowest BCUT2D eigenvalue weighted by atomic mass is 10.2. The van der Waals surface area contributed by atoms with E-state index in [0.29, 0.717) is 6.54 Å². The maximum atomic E-state index is 13.8. The number of rotatable bonds is 7. The number of benzene rings is 3. The van der Waals surface area contributed by atoms with Gasteiger partial charge in [0.15, 0.2) is 0 Å². The Labute approximate surface area is 200 Å². The van der Waals surface area contributed by atoms with Crippen LogP contribution in [-0.2, 0) is 6.54 Å². The van der Waals surface area contributed by atoms with Crippen LogP contribution in [0.3, 0.4) is 0 Å². The van der Waals surface area contributed by atoms with Crippen LogP contribution in [0.2, 0.25) is 0 Å². The highest BCUT2D eigenvalue weighted by molar-refractivity contribution is 14.1. The smallest absolute Gasteiger partial charge is 0.320 e. The number of nitrogens with zero attached hydrogens (tertiary/aromatic N) is 2. The van der Waals surface area contributed by atoms with Gasteiger partial charge in [-0.15, -0.1) is 0 Å². The first-order valence-electron chi connectivity index (χ1n) is 9.72. The minimum atomic E-state index is 0.00437. The fourth-order valence-electron chi connectivity index (χ4n) is 3.09. The summed E-state index contributed by atoms with van der Waals surface area (Å²) < 4.78 is 2.29. The molecular weight excluding hydrogens is 586 g/mol. The van der Waals surface area contributed by atoms with E-state index >= 15 is 0 Å². The Hall–Kier alpha value is -1.61. The van der Waals surface area contributed by atoms with Gasteiger partial charge in [-0.3, -0.25) is 4.90 Å². The summed E-state index contributed by atoms with van der Waals surface area (Å²) >= 11 is 4.58. The van der Waals surface area contributed by atoms with Crippen LogP contribution in [0.15, 0.2) is 78.9 Å². The summed E-state index contributed by atoms with van der Waals surface area (Å²) in [6, 6.07) is 26.4. The summed E-state index contributed by atoms with van der Waals surface area (Å²) in [7, 11) is 0. The third-order valence-corrected chi connectivity index (χ3v) is 6.07. The van der Waals surface area contributed by atoms with Crippen LogP contribution in [-0.4, -0.2) is 17.5 Å². The molecule has 0 aliphatic carbocycles. The van der Waals surface area contributed by atoms with Gasteiger partial charge in [-0.2, -0.15) is 0 Å². The normalized spacial score (nSPS) is 10.6. The largest absolute Gasteiger partial charge is 0.329 e. The van der Waals surface area contributed by atoms with E-state index in [1.807, 2.05) is 76.5 Å². The van der Waals surface area contributed by atoms with Crippen LogP contribution >= 0.6 is 45.2 Å². The van der Waals surface area contributed by atoms with E-state index in [-0.39, 0.29) is 6.03 Å². The molecule has 0 aromatic heterocycles. The molecule has 0 aliphatic heterocycles. The first-order valence-corrected chi connectivity index (χ1v) is 11.9. The molecule has 3 nitrogen and oxygen atoms in total. The number of halogens is 2. The number of carbonyl (C=O) groups excluding carboxylic acids is 1. The van der Waals surface area contributed by atoms with E-state index in [0.717, 1.165) is 43.5 Å². The standard InChI is InChI=1S/C24H24I2N2O/c1-2-3-17-27(18-19-7-5-4-6-8-19)24(29)28(22-13-9-20(25)10-14-22)23-15-11-21(26)12-16-23/h4-16H,2-3,17-18H2,1H3. The van der Waals surface area contributed by atoms with Crippen LogP contribution in [0, 0.1) is 7.14 Å². The van der Waals surface area contributed by atoms with Crippen molar-refractivity contribution >= 4 is 62.6 Å². The average Bonchev–Trinajstić information content (AvgIpc) is 2.74. The van der Waals surface area contributed by atoms with Gasteiger partial charge in [0.2, 0.25) is 0 Å². The summed E-state index contributed by atoms with van der Waals surface area (Å²) in [6.07, 6.45) is 2.03. The van der Waals surface area contributed by atoms with Crippen molar-refractivity contribution in [1.29, 1.82) is 0 Å². The van der Waals surface area contributed by atoms with E-state index in [1.165, 1.54) is 0 Å². The van der Waals surface area contributed by atoms with E-state index in [4.69, 9.17) is 0 Å². The van der Waals surface area contributed by atoms with Crippen molar-refractivity contribution in [2.45, 2.75) is 26.3 Å². The Morgan fingerprint density at radius 3 is 1.79 bits per heavy atom. The highest BCUT2D eigenvalue weighted by Crippen LogP contribution is 2.29. The van der Waals surface area contributed by atoms with Gasteiger partial charge in [-0.25, -0.2) is 4.79 Å². The van der Waals surface area contributed by atoms with Gasteiger partial charge in [0, 0.05) is 20.2 Å². The second kappa shape index (κ2) is 11.0. The van der Waals surface area contributed by atoms with Crippen LogP contribution in [0.4, 0.5) is 16.2 Å². The average molecular weight is 610 g/mol. The topological polar surface area (TPSA) is 23.6 Å². The zero-order chi connectivity index (χ0) is 20.6. The molecule has 0 fully saturated rings. The van der Waals surface area contributed by atoms with E-state index in [9.17, 15) is 4.79 Å². The molecule has 0 atom stereocenters. The molecule has 0 spiro atoms. The molecule has 0 radical (unpaired) electrons. The lowest BCUT2D eigenvalue weighted by molar-refractivity contribution is 0.203. The number of hydrogen-bond acceptors (Lipinski definition) is 1. The molecule has 0 saturated carbocycles. The molecule has 0 heterocycles. The van der Waals surface area contributed by atoms with Crippen molar-refractivity contribution in [3.05, 3.63) is 91.6 Å². The number of anilines is 2. The molecule has 3 aromatic carbocycles. The maximum Gasteiger partial charge on any atom is 0.329 e. The van der Waals surface area contributed by atoms with Gasteiger partial charge in [0.05, 0.1) is 11.4 Å². The molecule has 2 amide bonds. The summed E-state index contributed by atoms with van der Waals surface area (Å²) in [6.45, 7) is 3.49. The number of amides is 2. The zero-order valence-electron chi connectivity index (χ0n) is 16.4. The first kappa shape index (κ1) is 22.1. The third-order valence-electron chi connectivity index (χ3n) is 4.63. The summed E-state index contributed by atoms with van der Waals surface area (Å²) in [5.74, 6) is 0. The second-order valence-electron chi connectivity index (χ2n) is 6.83.